The molecule has 3 rings (SSSR count). The lowest BCUT2D eigenvalue weighted by molar-refractivity contribution is -0.119. The summed E-state index contributed by atoms with van der Waals surface area (Å²) in [5, 5.41) is 14.1. The molecule has 2 aromatic rings. The van der Waals surface area contributed by atoms with Crippen LogP contribution in [0.25, 0.3) is 5.69 Å². The van der Waals surface area contributed by atoms with Crippen molar-refractivity contribution in [2.45, 2.75) is 30.4 Å². The first kappa shape index (κ1) is 19.1. The van der Waals surface area contributed by atoms with E-state index in [1.165, 1.54) is 11.8 Å². The van der Waals surface area contributed by atoms with Crippen LogP contribution in [0.15, 0.2) is 23.4 Å². The second kappa shape index (κ2) is 7.53. The molecule has 1 amide bonds. The molecule has 1 aliphatic heterocycles. The molecule has 1 N–H and O–H groups in total. The molecule has 0 spiro atoms. The van der Waals surface area contributed by atoms with Crippen molar-refractivity contribution < 1.29 is 13.2 Å². The third-order valence-corrected chi connectivity index (χ3v) is 7.43. The molecule has 0 aliphatic carbocycles. The number of carbonyl (C=O) groups is 1. The molecule has 8 nitrogen and oxygen atoms in total. The van der Waals surface area contributed by atoms with Crippen molar-refractivity contribution in [1.29, 1.82) is 0 Å². The number of halogens is 1. The molecule has 1 aliphatic rings. The van der Waals surface area contributed by atoms with Crippen LogP contribution in [0, 0.1) is 13.8 Å². The number of aryl methyl sites for hydroxylation is 2. The van der Waals surface area contributed by atoms with Crippen LogP contribution in [-0.4, -0.2) is 63.2 Å². The van der Waals surface area contributed by atoms with Crippen LogP contribution < -0.4 is 5.32 Å². The lowest BCUT2D eigenvalue weighted by Crippen LogP contribution is -2.41. The van der Waals surface area contributed by atoms with E-state index in [4.69, 9.17) is 11.6 Å². The van der Waals surface area contributed by atoms with Gasteiger partial charge in [0.05, 0.1) is 34.4 Å². The third kappa shape index (κ3) is 4.36. The van der Waals surface area contributed by atoms with Gasteiger partial charge in [0.25, 0.3) is 0 Å². The maximum Gasteiger partial charge on any atom is 0.230 e. The van der Waals surface area contributed by atoms with E-state index in [-0.39, 0.29) is 23.2 Å². The number of alkyl halides is 1. The Morgan fingerprint density at radius 3 is 2.77 bits per heavy atom. The molecule has 1 fully saturated rings. The van der Waals surface area contributed by atoms with E-state index < -0.39 is 21.3 Å². The minimum absolute atomic E-state index is 0.0609. The van der Waals surface area contributed by atoms with E-state index >= 15 is 0 Å². The van der Waals surface area contributed by atoms with E-state index in [1.54, 1.807) is 4.68 Å². The SMILES string of the molecule is Cc1ccc(-n2nnnc2SCC(=O)N[C@@H]2CS(=O)(=O)C[C@H]2Cl)cc1C. The first-order valence-electron chi connectivity index (χ1n) is 7.88. The number of nitrogens with zero attached hydrogens (tertiary/aromatic N) is 4. The Kier molecular flexibility index (Phi) is 5.54. The minimum atomic E-state index is -3.19. The normalized spacial score (nSPS) is 21.7. The molecule has 0 bridgehead atoms. The lowest BCUT2D eigenvalue weighted by atomic mass is 10.1. The van der Waals surface area contributed by atoms with Crippen molar-refractivity contribution >= 4 is 39.1 Å². The van der Waals surface area contributed by atoms with Gasteiger partial charge in [0.2, 0.25) is 11.1 Å². The number of sulfone groups is 1. The summed E-state index contributed by atoms with van der Waals surface area (Å²) in [7, 11) is -3.19. The average Bonchev–Trinajstić information content (AvgIpc) is 3.12. The molecule has 1 aromatic carbocycles. The van der Waals surface area contributed by atoms with Gasteiger partial charge in [-0.25, -0.2) is 8.42 Å². The molecule has 11 heteroatoms. The molecule has 0 saturated carbocycles. The number of hydrogen-bond acceptors (Lipinski definition) is 7. The van der Waals surface area contributed by atoms with Crippen LogP contribution >= 0.6 is 23.4 Å². The fraction of sp³-hybridized carbons (Fsp3) is 0.467. The zero-order chi connectivity index (χ0) is 18.9. The number of amides is 1. The van der Waals surface area contributed by atoms with E-state index in [1.807, 2.05) is 32.0 Å². The highest BCUT2D eigenvalue weighted by Gasteiger charge is 2.37. The predicted molar refractivity (Wildman–Crippen MR) is 99.6 cm³/mol. The Bertz CT molecular complexity index is 931. The first-order chi connectivity index (χ1) is 12.2. The summed E-state index contributed by atoms with van der Waals surface area (Å²) in [4.78, 5) is 12.1. The van der Waals surface area contributed by atoms with Crippen molar-refractivity contribution in [3.63, 3.8) is 0 Å². The summed E-state index contributed by atoms with van der Waals surface area (Å²) in [6.07, 6.45) is 0. The molecule has 26 heavy (non-hydrogen) atoms. The van der Waals surface area contributed by atoms with E-state index in [2.05, 4.69) is 20.8 Å². The number of thioether (sulfide) groups is 1. The maximum atomic E-state index is 12.1. The fourth-order valence-electron chi connectivity index (χ4n) is 2.60. The zero-order valence-electron chi connectivity index (χ0n) is 14.2. The van der Waals surface area contributed by atoms with Gasteiger partial charge in [0, 0.05) is 0 Å². The van der Waals surface area contributed by atoms with E-state index in [0.717, 1.165) is 16.8 Å². The highest BCUT2D eigenvalue weighted by molar-refractivity contribution is 7.99. The van der Waals surface area contributed by atoms with E-state index in [9.17, 15) is 13.2 Å². The number of rotatable bonds is 5. The third-order valence-electron chi connectivity index (χ3n) is 4.14. The van der Waals surface area contributed by atoms with Crippen LogP contribution in [0.4, 0.5) is 0 Å². The van der Waals surface area contributed by atoms with Crippen LogP contribution in [0.5, 0.6) is 0 Å². The highest BCUT2D eigenvalue weighted by Crippen LogP contribution is 2.21. The predicted octanol–water partition coefficient (Wildman–Crippen LogP) is 0.892. The second-order valence-electron chi connectivity index (χ2n) is 6.20. The molecule has 1 aromatic heterocycles. The number of tetrazole rings is 1. The Morgan fingerprint density at radius 1 is 1.35 bits per heavy atom. The molecule has 1 saturated heterocycles. The van der Waals surface area contributed by atoms with Gasteiger partial charge in [-0.2, -0.15) is 4.68 Å². The summed E-state index contributed by atoms with van der Waals surface area (Å²) in [5.74, 6) is -0.488. The van der Waals surface area contributed by atoms with Gasteiger partial charge in [-0.05, 0) is 47.5 Å². The zero-order valence-corrected chi connectivity index (χ0v) is 16.6. The molecule has 2 atom stereocenters. The topological polar surface area (TPSA) is 107 Å². The van der Waals surface area contributed by atoms with Gasteiger partial charge < -0.3 is 5.32 Å². The van der Waals surface area contributed by atoms with Crippen molar-refractivity contribution in [2.75, 3.05) is 17.3 Å². The van der Waals surface area contributed by atoms with Gasteiger partial charge in [0.1, 0.15) is 0 Å². The van der Waals surface area contributed by atoms with Gasteiger partial charge in [-0.15, -0.1) is 16.7 Å². The number of nitrogens with one attached hydrogen (secondary N) is 1. The van der Waals surface area contributed by atoms with Crippen LogP contribution in [0.1, 0.15) is 11.1 Å². The Morgan fingerprint density at radius 2 is 2.12 bits per heavy atom. The highest BCUT2D eigenvalue weighted by atomic mass is 35.5. The molecular weight excluding hydrogens is 398 g/mol. The second-order valence-corrected chi connectivity index (χ2v) is 9.85. The van der Waals surface area contributed by atoms with Gasteiger partial charge >= 0.3 is 0 Å². The quantitative estimate of drug-likeness (QED) is 0.570. The largest absolute Gasteiger partial charge is 0.350 e. The van der Waals surface area contributed by atoms with Crippen LogP contribution in [-0.2, 0) is 14.6 Å². The molecule has 0 unspecified atom stereocenters. The van der Waals surface area contributed by atoms with E-state index in [0.29, 0.717) is 5.16 Å². The van der Waals surface area contributed by atoms with Gasteiger partial charge in [0.15, 0.2) is 9.84 Å². The summed E-state index contributed by atoms with van der Waals surface area (Å²) in [5.41, 5.74) is 3.09. The molecular formula is C15H18ClN5O3S2. The average molecular weight is 416 g/mol. The minimum Gasteiger partial charge on any atom is -0.350 e. The molecule has 2 heterocycles. The van der Waals surface area contributed by atoms with Crippen molar-refractivity contribution in [3.8, 4) is 5.69 Å². The lowest BCUT2D eigenvalue weighted by Gasteiger charge is -2.14. The van der Waals surface area contributed by atoms with Crippen LogP contribution in [0.3, 0.4) is 0 Å². The maximum absolute atomic E-state index is 12.1. The first-order valence-corrected chi connectivity index (χ1v) is 11.1. The summed E-state index contributed by atoms with van der Waals surface area (Å²) < 4.78 is 24.7. The molecule has 0 radical (unpaired) electrons. The summed E-state index contributed by atoms with van der Waals surface area (Å²) >= 11 is 7.18. The number of aromatic nitrogens is 4. The number of hydrogen-bond donors (Lipinski definition) is 1. The smallest absolute Gasteiger partial charge is 0.230 e. The fourth-order valence-corrected chi connectivity index (χ4v) is 5.86. The summed E-state index contributed by atoms with van der Waals surface area (Å²) in [6.45, 7) is 4.02. The molecule has 140 valence electrons. The Hall–Kier alpha value is -1.65. The number of carbonyl (C=O) groups excluding carboxylic acids is 1. The van der Waals surface area contributed by atoms with Crippen LogP contribution in [0.2, 0.25) is 0 Å². The Labute approximate surface area is 160 Å². The standard InChI is InChI=1S/C15H18ClN5O3S2/c1-9-3-4-11(5-10(9)2)21-15(18-19-20-21)25-6-14(22)17-13-8-26(23,24)7-12(13)16/h3-5,12-13H,6-8H2,1-2H3,(H,17,22)/t12-,13-/m1/s1. The Balaban J connectivity index is 1.63. The van der Waals surface area contributed by atoms with Gasteiger partial charge in [-0.3, -0.25) is 4.79 Å². The van der Waals surface area contributed by atoms with Crippen molar-refractivity contribution in [1.82, 2.24) is 25.5 Å². The number of benzene rings is 1. The van der Waals surface area contributed by atoms with Crippen molar-refractivity contribution in [3.05, 3.63) is 29.3 Å². The van der Waals surface area contributed by atoms with Crippen molar-refractivity contribution in [2.24, 2.45) is 0 Å². The monoisotopic (exact) mass is 415 g/mol. The van der Waals surface area contributed by atoms with Gasteiger partial charge in [-0.1, -0.05) is 17.8 Å². The summed E-state index contributed by atoms with van der Waals surface area (Å²) in [6, 6.07) is 5.29.